The number of nitrogens with zero attached hydrogens (tertiary/aromatic N) is 1. The number of hydrogen-bond donors (Lipinski definition) is 1. The highest BCUT2D eigenvalue weighted by Crippen LogP contribution is 2.25. The first-order chi connectivity index (χ1) is 13.9. The second-order valence-electron chi connectivity index (χ2n) is 7.40. The van der Waals surface area contributed by atoms with E-state index in [1.807, 2.05) is 37.3 Å². The Hall–Kier alpha value is -2.38. The van der Waals surface area contributed by atoms with Crippen LogP contribution in [0.4, 0.5) is 0 Å². The molecule has 1 atom stereocenters. The first-order valence-electron chi connectivity index (χ1n) is 9.90. The molecule has 1 saturated heterocycles. The molecule has 2 aromatic carbocycles. The third kappa shape index (κ3) is 5.36. The molecule has 0 bridgehead atoms. The summed E-state index contributed by atoms with van der Waals surface area (Å²) in [5.74, 6) is 0.0794. The zero-order valence-electron chi connectivity index (χ0n) is 16.9. The molecule has 1 heterocycles. The molecule has 156 valence electrons. The van der Waals surface area contributed by atoms with Gasteiger partial charge in [-0.25, -0.2) is 8.42 Å². The summed E-state index contributed by atoms with van der Waals surface area (Å²) in [5.41, 5.74) is 1.70. The molecule has 0 radical (unpaired) electrons. The average molecular weight is 417 g/mol. The molecule has 1 amide bonds. The minimum atomic E-state index is -3.95. The van der Waals surface area contributed by atoms with Crippen molar-refractivity contribution in [3.8, 4) is 5.75 Å². The molecule has 0 aromatic heterocycles. The van der Waals surface area contributed by atoms with Gasteiger partial charge in [0.25, 0.3) is 0 Å². The van der Waals surface area contributed by atoms with Crippen molar-refractivity contribution in [2.24, 2.45) is 0 Å². The van der Waals surface area contributed by atoms with Crippen LogP contribution in [0.25, 0.3) is 0 Å². The molecule has 2 aromatic rings. The lowest BCUT2D eigenvalue weighted by Gasteiger charge is -2.31. The number of ether oxygens (including phenoxy) is 1. The summed E-state index contributed by atoms with van der Waals surface area (Å²) in [6.07, 6.45) is 3.29. The van der Waals surface area contributed by atoms with E-state index in [4.69, 9.17) is 4.74 Å². The lowest BCUT2D eigenvalue weighted by molar-refractivity contribution is -0.133. The fourth-order valence-electron chi connectivity index (χ4n) is 3.61. The minimum absolute atomic E-state index is 0.0458. The van der Waals surface area contributed by atoms with Crippen LogP contribution < -0.4 is 9.46 Å². The Kier molecular flexibility index (Phi) is 6.92. The molecule has 0 aliphatic carbocycles. The van der Waals surface area contributed by atoms with E-state index in [0.717, 1.165) is 30.4 Å². The second kappa shape index (κ2) is 9.41. The molecule has 1 aliphatic rings. The number of amides is 1. The number of carbonyl (C=O) groups excluding carboxylic acids is 1. The van der Waals surface area contributed by atoms with E-state index in [1.165, 1.54) is 7.11 Å². The van der Waals surface area contributed by atoms with Gasteiger partial charge in [-0.15, -0.1) is 0 Å². The predicted molar refractivity (Wildman–Crippen MR) is 112 cm³/mol. The first-order valence-corrected chi connectivity index (χ1v) is 11.4. The molecule has 29 heavy (non-hydrogen) atoms. The minimum Gasteiger partial charge on any atom is -0.495 e. The normalized spacial score (nSPS) is 15.7. The molecule has 6 nitrogen and oxygen atoms in total. The van der Waals surface area contributed by atoms with Gasteiger partial charge in [0, 0.05) is 13.1 Å². The van der Waals surface area contributed by atoms with Gasteiger partial charge in [0.2, 0.25) is 15.9 Å². The fourth-order valence-corrected chi connectivity index (χ4v) is 5.05. The van der Waals surface area contributed by atoms with E-state index in [1.54, 1.807) is 23.1 Å². The molecule has 1 fully saturated rings. The van der Waals surface area contributed by atoms with Crippen molar-refractivity contribution < 1.29 is 17.9 Å². The molecule has 3 rings (SSSR count). The van der Waals surface area contributed by atoms with Gasteiger partial charge in [0.15, 0.2) is 0 Å². The van der Waals surface area contributed by atoms with Crippen LogP contribution in [0.3, 0.4) is 0 Å². The third-order valence-corrected chi connectivity index (χ3v) is 6.65. The molecule has 0 unspecified atom stereocenters. The summed E-state index contributed by atoms with van der Waals surface area (Å²) in [6, 6.07) is 13.6. The summed E-state index contributed by atoms with van der Waals surface area (Å²) in [6.45, 7) is 3.15. The van der Waals surface area contributed by atoms with E-state index >= 15 is 0 Å². The molecular weight excluding hydrogens is 388 g/mol. The van der Waals surface area contributed by atoms with Crippen molar-refractivity contribution in [2.45, 2.75) is 43.5 Å². The summed E-state index contributed by atoms with van der Waals surface area (Å²) < 4.78 is 34.3. The molecule has 0 spiro atoms. The number of rotatable bonds is 7. The molecule has 1 aliphatic heterocycles. The largest absolute Gasteiger partial charge is 0.495 e. The van der Waals surface area contributed by atoms with Crippen LogP contribution >= 0.6 is 0 Å². The monoisotopic (exact) mass is 416 g/mol. The van der Waals surface area contributed by atoms with Crippen molar-refractivity contribution in [2.75, 3.05) is 20.2 Å². The third-order valence-electron chi connectivity index (χ3n) is 5.15. The van der Waals surface area contributed by atoms with Crippen LogP contribution in [-0.4, -0.2) is 45.5 Å². The van der Waals surface area contributed by atoms with Crippen LogP contribution in [0, 0.1) is 6.92 Å². The molecular formula is C22H28N2O4S. The number of nitrogens with one attached hydrogen (secondary N) is 1. The van der Waals surface area contributed by atoms with Crippen molar-refractivity contribution >= 4 is 15.9 Å². The molecule has 1 N–H and O–H groups in total. The number of benzene rings is 2. The smallest absolute Gasteiger partial charge is 0.244 e. The lowest BCUT2D eigenvalue weighted by atomic mass is 10.0. The second-order valence-corrected chi connectivity index (χ2v) is 9.09. The zero-order valence-corrected chi connectivity index (χ0v) is 17.7. The van der Waals surface area contributed by atoms with Crippen LogP contribution in [0.1, 0.15) is 30.4 Å². The number of likely N-dealkylation sites (tertiary alicyclic amines) is 1. The van der Waals surface area contributed by atoms with Gasteiger partial charge in [0.1, 0.15) is 16.7 Å². The van der Waals surface area contributed by atoms with Gasteiger partial charge in [-0.3, -0.25) is 4.79 Å². The number of methoxy groups -OCH3 is 1. The summed E-state index contributed by atoms with van der Waals surface area (Å²) in [5, 5.41) is 0. The highest BCUT2D eigenvalue weighted by atomic mass is 32.2. The van der Waals surface area contributed by atoms with Crippen LogP contribution in [0.2, 0.25) is 0 Å². The number of carbonyl (C=O) groups is 1. The Bertz CT molecular complexity index is 939. The first kappa shape index (κ1) is 21.3. The predicted octanol–water partition coefficient (Wildman–Crippen LogP) is 2.91. The van der Waals surface area contributed by atoms with Crippen LogP contribution in [-0.2, 0) is 21.2 Å². The summed E-state index contributed by atoms with van der Waals surface area (Å²) in [4.78, 5) is 15.0. The highest BCUT2D eigenvalue weighted by molar-refractivity contribution is 7.89. The van der Waals surface area contributed by atoms with Crippen molar-refractivity contribution in [1.82, 2.24) is 9.62 Å². The molecule has 7 heteroatoms. The van der Waals surface area contributed by atoms with Crippen molar-refractivity contribution in [3.63, 3.8) is 0 Å². The topological polar surface area (TPSA) is 75.7 Å². The maximum Gasteiger partial charge on any atom is 0.244 e. The SMILES string of the molecule is COc1ccc(C)cc1S(=O)(=O)N[C@H](Cc1ccccc1)C(=O)N1CCCCC1. The number of sulfonamides is 1. The Labute approximate surface area is 172 Å². The fraction of sp³-hybridized carbons (Fsp3) is 0.409. The van der Waals surface area contributed by atoms with Gasteiger partial charge >= 0.3 is 0 Å². The van der Waals surface area contributed by atoms with E-state index in [-0.39, 0.29) is 16.6 Å². The van der Waals surface area contributed by atoms with E-state index < -0.39 is 16.1 Å². The maximum atomic E-state index is 13.2. The van der Waals surface area contributed by atoms with Gasteiger partial charge < -0.3 is 9.64 Å². The van der Waals surface area contributed by atoms with E-state index in [9.17, 15) is 13.2 Å². The van der Waals surface area contributed by atoms with Crippen molar-refractivity contribution in [3.05, 3.63) is 59.7 Å². The number of piperidine rings is 1. The standard InChI is InChI=1S/C22H28N2O4S/c1-17-11-12-20(28-2)21(15-17)29(26,27)23-19(16-18-9-5-3-6-10-18)22(25)24-13-7-4-8-14-24/h3,5-6,9-12,15,19,23H,4,7-8,13-14,16H2,1-2H3/t19-/m1/s1. The van der Waals surface area contributed by atoms with Crippen LogP contribution in [0.5, 0.6) is 5.75 Å². The number of hydrogen-bond acceptors (Lipinski definition) is 4. The number of aryl methyl sites for hydroxylation is 1. The Morgan fingerprint density at radius 3 is 2.45 bits per heavy atom. The Morgan fingerprint density at radius 1 is 1.10 bits per heavy atom. The highest BCUT2D eigenvalue weighted by Gasteiger charge is 2.31. The van der Waals surface area contributed by atoms with Crippen LogP contribution in [0.15, 0.2) is 53.4 Å². The van der Waals surface area contributed by atoms with E-state index in [2.05, 4.69) is 4.72 Å². The molecule has 0 saturated carbocycles. The zero-order chi connectivity index (χ0) is 20.9. The quantitative estimate of drug-likeness (QED) is 0.753. The average Bonchev–Trinajstić information content (AvgIpc) is 2.74. The lowest BCUT2D eigenvalue weighted by Crippen LogP contribution is -2.51. The van der Waals surface area contributed by atoms with E-state index in [0.29, 0.717) is 19.5 Å². The van der Waals surface area contributed by atoms with Gasteiger partial charge in [-0.05, 0) is 55.9 Å². The van der Waals surface area contributed by atoms with Gasteiger partial charge in [0.05, 0.1) is 7.11 Å². The van der Waals surface area contributed by atoms with Crippen molar-refractivity contribution in [1.29, 1.82) is 0 Å². The Balaban J connectivity index is 1.91. The summed E-state index contributed by atoms with van der Waals surface area (Å²) in [7, 11) is -2.52. The van der Waals surface area contributed by atoms with Gasteiger partial charge in [-0.1, -0.05) is 36.4 Å². The summed E-state index contributed by atoms with van der Waals surface area (Å²) >= 11 is 0. The maximum absolute atomic E-state index is 13.2. The Morgan fingerprint density at radius 2 is 1.79 bits per heavy atom. The van der Waals surface area contributed by atoms with Gasteiger partial charge in [-0.2, -0.15) is 4.72 Å².